The van der Waals surface area contributed by atoms with Crippen molar-refractivity contribution in [3.63, 3.8) is 0 Å². The zero-order chi connectivity index (χ0) is 15.1. The normalized spacial score (nSPS) is 17.4. The van der Waals surface area contributed by atoms with Crippen LogP contribution in [0.5, 0.6) is 0 Å². The van der Waals surface area contributed by atoms with Gasteiger partial charge < -0.3 is 5.73 Å². The maximum absolute atomic E-state index is 12.5. The summed E-state index contributed by atoms with van der Waals surface area (Å²) in [6.45, 7) is 8.49. The topological polar surface area (TPSA) is 72.2 Å². The molecule has 4 nitrogen and oxygen atoms in total. The van der Waals surface area contributed by atoms with Crippen LogP contribution in [-0.2, 0) is 10.0 Å². The molecule has 0 saturated heterocycles. The maximum atomic E-state index is 12.5. The molecule has 1 aromatic rings. The molecule has 1 fully saturated rings. The number of sulfonamides is 1. The van der Waals surface area contributed by atoms with Gasteiger partial charge in [0.15, 0.2) is 0 Å². The number of rotatable bonds is 5. The van der Waals surface area contributed by atoms with Crippen molar-refractivity contribution in [3.05, 3.63) is 23.3 Å². The van der Waals surface area contributed by atoms with Gasteiger partial charge in [-0.2, -0.15) is 0 Å². The lowest BCUT2D eigenvalue weighted by atomic mass is 9.93. The Bertz CT molecular complexity index is 617. The smallest absolute Gasteiger partial charge is 0.242 e. The van der Waals surface area contributed by atoms with Crippen LogP contribution in [0, 0.1) is 25.2 Å². The van der Waals surface area contributed by atoms with Crippen LogP contribution in [0.2, 0.25) is 0 Å². The average Bonchev–Trinajstić information content (AvgIpc) is 3.13. The van der Waals surface area contributed by atoms with Crippen molar-refractivity contribution >= 4 is 15.7 Å². The zero-order valence-corrected chi connectivity index (χ0v) is 13.5. The lowest BCUT2D eigenvalue weighted by Crippen LogP contribution is -2.33. The zero-order valence-electron chi connectivity index (χ0n) is 12.7. The molecule has 1 aliphatic carbocycles. The molecule has 1 aliphatic rings. The van der Waals surface area contributed by atoms with E-state index in [9.17, 15) is 8.42 Å². The van der Waals surface area contributed by atoms with Crippen molar-refractivity contribution in [2.75, 3.05) is 12.3 Å². The third-order valence-corrected chi connectivity index (χ3v) is 6.31. The molecule has 0 spiro atoms. The summed E-state index contributed by atoms with van der Waals surface area (Å²) in [4.78, 5) is 0.233. The van der Waals surface area contributed by atoms with E-state index in [1.54, 1.807) is 13.0 Å². The first-order chi connectivity index (χ1) is 9.19. The first kappa shape index (κ1) is 15.3. The minimum absolute atomic E-state index is 0.138. The molecular weight excluding hydrogens is 272 g/mol. The standard InChI is InChI=1S/C15H24N2O2S/c1-10(2)15(7-8-15)9-17-20(18,19)14-12(4)11(3)5-6-13(14)16/h5-6,10,17H,7-9,16H2,1-4H3. The van der Waals surface area contributed by atoms with Gasteiger partial charge in [0.05, 0.1) is 5.69 Å². The molecule has 0 amide bonds. The maximum Gasteiger partial charge on any atom is 0.242 e. The number of nitrogens with one attached hydrogen (secondary N) is 1. The van der Waals surface area contributed by atoms with E-state index in [1.807, 2.05) is 13.0 Å². The highest BCUT2D eigenvalue weighted by molar-refractivity contribution is 7.89. The highest BCUT2D eigenvalue weighted by Crippen LogP contribution is 2.51. The van der Waals surface area contributed by atoms with Crippen LogP contribution >= 0.6 is 0 Å². The van der Waals surface area contributed by atoms with Crippen molar-refractivity contribution < 1.29 is 8.42 Å². The van der Waals surface area contributed by atoms with Gasteiger partial charge in [0, 0.05) is 6.54 Å². The number of hydrogen-bond donors (Lipinski definition) is 2. The summed E-state index contributed by atoms with van der Waals surface area (Å²) >= 11 is 0. The fourth-order valence-corrected chi connectivity index (χ4v) is 4.16. The molecule has 0 aliphatic heterocycles. The Morgan fingerprint density at radius 1 is 1.30 bits per heavy atom. The monoisotopic (exact) mass is 296 g/mol. The van der Waals surface area contributed by atoms with Gasteiger partial charge >= 0.3 is 0 Å². The summed E-state index contributed by atoms with van der Waals surface area (Å²) in [5, 5.41) is 0. The van der Waals surface area contributed by atoms with Crippen LogP contribution in [-0.4, -0.2) is 15.0 Å². The van der Waals surface area contributed by atoms with Gasteiger partial charge in [-0.15, -0.1) is 0 Å². The van der Waals surface area contributed by atoms with Gasteiger partial charge in [-0.1, -0.05) is 19.9 Å². The minimum atomic E-state index is -3.55. The Kier molecular flexibility index (Phi) is 3.86. The van der Waals surface area contributed by atoms with Gasteiger partial charge in [-0.05, 0) is 55.2 Å². The van der Waals surface area contributed by atoms with Crippen molar-refractivity contribution in [1.29, 1.82) is 0 Å². The van der Waals surface area contributed by atoms with E-state index < -0.39 is 10.0 Å². The van der Waals surface area contributed by atoms with Gasteiger partial charge in [0.2, 0.25) is 10.0 Å². The summed E-state index contributed by atoms with van der Waals surface area (Å²) in [6, 6.07) is 3.51. The van der Waals surface area contributed by atoms with Gasteiger partial charge in [-0.3, -0.25) is 0 Å². The van der Waals surface area contributed by atoms with Crippen molar-refractivity contribution in [1.82, 2.24) is 4.72 Å². The summed E-state index contributed by atoms with van der Waals surface area (Å²) in [6.07, 6.45) is 2.19. The first-order valence-corrected chi connectivity index (χ1v) is 8.53. The molecule has 0 radical (unpaired) electrons. The van der Waals surface area contributed by atoms with E-state index in [4.69, 9.17) is 5.73 Å². The Labute approximate surface area is 121 Å². The molecule has 1 saturated carbocycles. The predicted octanol–water partition coefficient (Wildman–Crippen LogP) is 2.60. The number of nitrogen functional groups attached to an aromatic ring is 1. The van der Waals surface area contributed by atoms with Crippen LogP contribution in [0.25, 0.3) is 0 Å². The molecule has 0 unspecified atom stereocenters. The van der Waals surface area contributed by atoms with Gasteiger partial charge in [0.25, 0.3) is 0 Å². The third-order valence-electron chi connectivity index (χ3n) is 4.71. The molecule has 20 heavy (non-hydrogen) atoms. The SMILES string of the molecule is Cc1ccc(N)c(S(=O)(=O)NCC2(C(C)C)CC2)c1C. The molecule has 0 atom stereocenters. The molecule has 0 heterocycles. The quantitative estimate of drug-likeness (QED) is 0.820. The molecule has 0 aromatic heterocycles. The first-order valence-electron chi connectivity index (χ1n) is 7.05. The van der Waals surface area contributed by atoms with Crippen molar-refractivity contribution in [2.45, 2.75) is 45.4 Å². The van der Waals surface area contributed by atoms with Crippen molar-refractivity contribution in [2.24, 2.45) is 11.3 Å². The second-order valence-electron chi connectivity index (χ2n) is 6.27. The fraction of sp³-hybridized carbons (Fsp3) is 0.600. The lowest BCUT2D eigenvalue weighted by molar-refractivity contribution is 0.357. The summed E-state index contributed by atoms with van der Waals surface area (Å²) in [5.41, 5.74) is 7.99. The number of hydrogen-bond acceptors (Lipinski definition) is 3. The van der Waals surface area contributed by atoms with Crippen LogP contribution in [0.4, 0.5) is 5.69 Å². The number of anilines is 1. The van der Waals surface area contributed by atoms with E-state index in [2.05, 4.69) is 18.6 Å². The largest absolute Gasteiger partial charge is 0.398 e. The molecule has 5 heteroatoms. The lowest BCUT2D eigenvalue weighted by Gasteiger charge is -2.21. The predicted molar refractivity (Wildman–Crippen MR) is 82.0 cm³/mol. The molecule has 2 rings (SSSR count). The number of nitrogens with two attached hydrogens (primary N) is 1. The van der Waals surface area contributed by atoms with Crippen LogP contribution in [0.15, 0.2) is 17.0 Å². The minimum Gasteiger partial charge on any atom is -0.398 e. The highest BCUT2D eigenvalue weighted by Gasteiger charge is 2.45. The third kappa shape index (κ3) is 2.69. The second-order valence-corrected chi connectivity index (χ2v) is 7.97. The van der Waals surface area contributed by atoms with Crippen LogP contribution in [0.1, 0.15) is 37.8 Å². The molecular formula is C15H24N2O2S. The summed E-state index contributed by atoms with van der Waals surface area (Å²) < 4.78 is 27.8. The van der Waals surface area contributed by atoms with Crippen LogP contribution in [0.3, 0.4) is 0 Å². The van der Waals surface area contributed by atoms with E-state index >= 15 is 0 Å². The number of benzene rings is 1. The molecule has 1 aromatic carbocycles. The van der Waals surface area contributed by atoms with E-state index in [1.165, 1.54) is 0 Å². The summed E-state index contributed by atoms with van der Waals surface area (Å²) in [7, 11) is -3.55. The average molecular weight is 296 g/mol. The van der Waals surface area contributed by atoms with Crippen molar-refractivity contribution in [3.8, 4) is 0 Å². The summed E-state index contributed by atoms with van der Waals surface area (Å²) in [5.74, 6) is 0.487. The number of aryl methyl sites for hydroxylation is 1. The Hall–Kier alpha value is -1.07. The Morgan fingerprint density at radius 2 is 1.90 bits per heavy atom. The Balaban J connectivity index is 2.26. The highest BCUT2D eigenvalue weighted by atomic mass is 32.2. The van der Waals surface area contributed by atoms with E-state index in [-0.39, 0.29) is 10.3 Å². The fourth-order valence-electron chi connectivity index (χ4n) is 2.60. The Morgan fingerprint density at radius 3 is 2.40 bits per heavy atom. The molecule has 0 bridgehead atoms. The van der Waals surface area contributed by atoms with Gasteiger partial charge in [0.1, 0.15) is 4.90 Å². The molecule has 3 N–H and O–H groups in total. The van der Waals surface area contributed by atoms with E-state index in [0.29, 0.717) is 18.2 Å². The van der Waals surface area contributed by atoms with Crippen LogP contribution < -0.4 is 10.5 Å². The van der Waals surface area contributed by atoms with E-state index in [0.717, 1.165) is 24.0 Å². The molecule has 112 valence electrons. The second kappa shape index (κ2) is 5.04. The van der Waals surface area contributed by atoms with Gasteiger partial charge in [-0.25, -0.2) is 13.1 Å².